The van der Waals surface area contributed by atoms with Crippen molar-refractivity contribution in [2.75, 3.05) is 30.3 Å². The van der Waals surface area contributed by atoms with Crippen molar-refractivity contribution in [2.45, 2.75) is 40.0 Å². The Morgan fingerprint density at radius 1 is 1.21 bits per heavy atom. The molecule has 24 heavy (non-hydrogen) atoms. The van der Waals surface area contributed by atoms with Crippen molar-refractivity contribution in [2.24, 2.45) is 7.05 Å². The van der Waals surface area contributed by atoms with Crippen LogP contribution in [0.5, 0.6) is 5.88 Å². The zero-order valence-corrected chi connectivity index (χ0v) is 15.2. The summed E-state index contributed by atoms with van der Waals surface area (Å²) in [6.45, 7) is 8.92. The van der Waals surface area contributed by atoms with Gasteiger partial charge in [-0.05, 0) is 19.8 Å². The van der Waals surface area contributed by atoms with E-state index in [-0.39, 0.29) is 0 Å². The zero-order valence-electron chi connectivity index (χ0n) is 15.2. The molecule has 2 aromatic heterocycles. The van der Waals surface area contributed by atoms with Crippen LogP contribution < -0.4 is 15.4 Å². The molecule has 0 aliphatic rings. The van der Waals surface area contributed by atoms with Gasteiger partial charge in [0.15, 0.2) is 0 Å². The largest absolute Gasteiger partial charge is 0.477 e. The van der Waals surface area contributed by atoms with E-state index in [4.69, 9.17) is 10.5 Å². The van der Waals surface area contributed by atoms with Gasteiger partial charge < -0.3 is 19.9 Å². The standard InChI is InChI=1S/C18H29N5O/c1-5-8-23(9-6-2)16-11-17(19)21-18(12-16)24-10-7-15-13-20-14(3)22(15)4/h11-13H,5-10H2,1-4H3,(H2,19,21). The fourth-order valence-corrected chi connectivity index (χ4v) is 2.72. The van der Waals surface area contributed by atoms with Crippen LogP contribution in [-0.2, 0) is 13.5 Å². The van der Waals surface area contributed by atoms with Gasteiger partial charge in [-0.1, -0.05) is 13.8 Å². The van der Waals surface area contributed by atoms with Gasteiger partial charge in [-0.25, -0.2) is 4.98 Å². The molecule has 0 aliphatic heterocycles. The second kappa shape index (κ2) is 8.57. The molecule has 2 heterocycles. The highest BCUT2D eigenvalue weighted by atomic mass is 16.5. The Kier molecular flexibility index (Phi) is 6.46. The number of nitrogens with zero attached hydrogens (tertiary/aromatic N) is 4. The molecule has 0 aromatic carbocycles. The van der Waals surface area contributed by atoms with Crippen molar-refractivity contribution in [3.63, 3.8) is 0 Å². The van der Waals surface area contributed by atoms with Crippen molar-refractivity contribution in [3.8, 4) is 5.88 Å². The summed E-state index contributed by atoms with van der Waals surface area (Å²) in [6, 6.07) is 3.90. The first kappa shape index (κ1) is 18.1. The van der Waals surface area contributed by atoms with E-state index in [1.54, 1.807) is 0 Å². The Morgan fingerprint density at radius 3 is 2.50 bits per heavy atom. The first-order chi connectivity index (χ1) is 11.5. The fourth-order valence-electron chi connectivity index (χ4n) is 2.72. The highest BCUT2D eigenvalue weighted by Crippen LogP contribution is 2.23. The number of aryl methyl sites for hydroxylation is 1. The average molecular weight is 331 g/mol. The molecular formula is C18H29N5O. The smallest absolute Gasteiger partial charge is 0.217 e. The molecule has 0 bridgehead atoms. The minimum absolute atomic E-state index is 0.496. The highest BCUT2D eigenvalue weighted by Gasteiger charge is 2.09. The second-order valence-electron chi connectivity index (χ2n) is 6.03. The van der Waals surface area contributed by atoms with E-state index >= 15 is 0 Å². The third-order valence-electron chi connectivity index (χ3n) is 4.08. The lowest BCUT2D eigenvalue weighted by Crippen LogP contribution is -2.25. The van der Waals surface area contributed by atoms with Crippen LogP contribution >= 0.6 is 0 Å². The first-order valence-corrected chi connectivity index (χ1v) is 8.67. The topological polar surface area (TPSA) is 69.2 Å². The molecule has 132 valence electrons. The molecule has 2 N–H and O–H groups in total. The van der Waals surface area contributed by atoms with Crippen molar-refractivity contribution in [1.29, 1.82) is 0 Å². The zero-order chi connectivity index (χ0) is 17.5. The maximum atomic E-state index is 5.97. The molecule has 0 saturated carbocycles. The highest BCUT2D eigenvalue weighted by molar-refractivity contribution is 5.55. The molecule has 2 aromatic rings. The van der Waals surface area contributed by atoms with E-state index in [0.29, 0.717) is 18.3 Å². The van der Waals surface area contributed by atoms with E-state index in [9.17, 15) is 0 Å². The van der Waals surface area contributed by atoms with Crippen molar-refractivity contribution >= 4 is 11.5 Å². The summed E-state index contributed by atoms with van der Waals surface area (Å²) in [6.07, 6.45) is 4.87. The van der Waals surface area contributed by atoms with Crippen LogP contribution in [0.2, 0.25) is 0 Å². The summed E-state index contributed by atoms with van der Waals surface area (Å²) in [4.78, 5) is 10.9. The maximum absolute atomic E-state index is 5.97. The fraction of sp³-hybridized carbons (Fsp3) is 0.556. The van der Waals surface area contributed by atoms with E-state index in [0.717, 1.165) is 49.6 Å². The van der Waals surface area contributed by atoms with Crippen molar-refractivity contribution in [3.05, 3.63) is 29.8 Å². The maximum Gasteiger partial charge on any atom is 0.217 e. The third kappa shape index (κ3) is 4.63. The third-order valence-corrected chi connectivity index (χ3v) is 4.08. The molecule has 0 unspecified atom stereocenters. The van der Waals surface area contributed by atoms with Crippen LogP contribution in [-0.4, -0.2) is 34.2 Å². The predicted molar refractivity (Wildman–Crippen MR) is 98.6 cm³/mol. The lowest BCUT2D eigenvalue weighted by molar-refractivity contribution is 0.307. The lowest BCUT2D eigenvalue weighted by atomic mass is 10.3. The predicted octanol–water partition coefficient (Wildman–Crippen LogP) is 2.95. The molecule has 0 radical (unpaired) electrons. The number of hydrogen-bond donors (Lipinski definition) is 1. The average Bonchev–Trinajstić information content (AvgIpc) is 2.86. The molecule has 2 rings (SSSR count). The number of imidazole rings is 1. The molecule has 0 aliphatic carbocycles. The number of hydrogen-bond acceptors (Lipinski definition) is 5. The van der Waals surface area contributed by atoms with E-state index < -0.39 is 0 Å². The second-order valence-corrected chi connectivity index (χ2v) is 6.03. The van der Waals surface area contributed by atoms with Crippen LogP contribution in [0.15, 0.2) is 18.3 Å². The minimum Gasteiger partial charge on any atom is -0.477 e. The molecule has 0 saturated heterocycles. The lowest BCUT2D eigenvalue weighted by Gasteiger charge is -2.24. The minimum atomic E-state index is 0.496. The number of ether oxygens (including phenoxy) is 1. The molecule has 0 spiro atoms. The van der Waals surface area contributed by atoms with Crippen LogP contribution in [0.1, 0.15) is 38.2 Å². The summed E-state index contributed by atoms with van der Waals surface area (Å²) in [5.74, 6) is 2.08. The number of pyridine rings is 1. The van der Waals surface area contributed by atoms with E-state index in [1.807, 2.05) is 32.3 Å². The normalized spacial score (nSPS) is 10.8. The van der Waals surface area contributed by atoms with Gasteiger partial charge in [-0.2, -0.15) is 4.98 Å². The van der Waals surface area contributed by atoms with Crippen molar-refractivity contribution < 1.29 is 4.74 Å². The van der Waals surface area contributed by atoms with Gasteiger partial charge in [-0.3, -0.25) is 0 Å². The number of anilines is 2. The molecule has 0 amide bonds. The molecule has 6 nitrogen and oxygen atoms in total. The van der Waals surface area contributed by atoms with Crippen LogP contribution in [0.3, 0.4) is 0 Å². The SMILES string of the molecule is CCCN(CCC)c1cc(N)nc(OCCc2cnc(C)n2C)c1. The van der Waals surface area contributed by atoms with Crippen LogP contribution in [0.25, 0.3) is 0 Å². The van der Waals surface area contributed by atoms with Gasteiger partial charge in [0.2, 0.25) is 5.88 Å². The Bertz CT molecular complexity index is 647. The summed E-state index contributed by atoms with van der Waals surface area (Å²) in [7, 11) is 2.02. The van der Waals surface area contributed by atoms with Crippen molar-refractivity contribution in [1.82, 2.24) is 14.5 Å². The number of aromatic nitrogens is 3. The van der Waals surface area contributed by atoms with Crippen LogP contribution in [0, 0.1) is 6.92 Å². The Balaban J connectivity index is 2.03. The summed E-state index contributed by atoms with van der Waals surface area (Å²) in [5, 5.41) is 0. The molecule has 0 fully saturated rings. The van der Waals surface area contributed by atoms with E-state index in [1.165, 1.54) is 0 Å². The molecule has 6 heteroatoms. The van der Waals surface area contributed by atoms with Gasteiger partial charge in [0, 0.05) is 56.3 Å². The summed E-state index contributed by atoms with van der Waals surface area (Å²) in [5.41, 5.74) is 8.20. The Labute approximate surface area is 144 Å². The number of rotatable bonds is 9. The van der Waals surface area contributed by atoms with E-state index in [2.05, 4.69) is 33.3 Å². The van der Waals surface area contributed by atoms with Crippen LogP contribution in [0.4, 0.5) is 11.5 Å². The quantitative estimate of drug-likeness (QED) is 0.765. The van der Waals surface area contributed by atoms with Gasteiger partial charge in [0.05, 0.1) is 6.61 Å². The molecule has 0 atom stereocenters. The number of nitrogens with two attached hydrogens (primary N) is 1. The van der Waals surface area contributed by atoms with Gasteiger partial charge >= 0.3 is 0 Å². The summed E-state index contributed by atoms with van der Waals surface area (Å²) < 4.78 is 7.92. The summed E-state index contributed by atoms with van der Waals surface area (Å²) >= 11 is 0. The Hall–Kier alpha value is -2.24. The van der Waals surface area contributed by atoms with Gasteiger partial charge in [0.25, 0.3) is 0 Å². The Morgan fingerprint density at radius 2 is 1.92 bits per heavy atom. The first-order valence-electron chi connectivity index (χ1n) is 8.67. The van der Waals surface area contributed by atoms with Gasteiger partial charge in [-0.15, -0.1) is 0 Å². The van der Waals surface area contributed by atoms with Gasteiger partial charge in [0.1, 0.15) is 11.6 Å². The molecular weight excluding hydrogens is 302 g/mol. The monoisotopic (exact) mass is 331 g/mol. The number of nitrogen functional groups attached to an aromatic ring is 1.